The van der Waals surface area contributed by atoms with Gasteiger partial charge in [-0.05, 0) is 38.3 Å². The van der Waals surface area contributed by atoms with Gasteiger partial charge in [-0.1, -0.05) is 17.7 Å². The number of hydrogen-bond donors (Lipinski definition) is 1. The van der Waals surface area contributed by atoms with Gasteiger partial charge in [0, 0.05) is 25.9 Å². The summed E-state index contributed by atoms with van der Waals surface area (Å²) >= 11 is 0. The molecule has 4 nitrogen and oxygen atoms in total. The third kappa shape index (κ3) is 4.70. The summed E-state index contributed by atoms with van der Waals surface area (Å²) in [6, 6.07) is 6.57. The second kappa shape index (κ2) is 7.78. The Balaban J connectivity index is 1.89. The summed E-state index contributed by atoms with van der Waals surface area (Å²) in [5, 5.41) is 10.2. The Labute approximate surface area is 127 Å². The average molecular weight is 293 g/mol. The quantitative estimate of drug-likeness (QED) is 0.836. The number of aliphatic hydroxyl groups is 1. The summed E-state index contributed by atoms with van der Waals surface area (Å²) in [6.07, 6.45) is 1.81. The molecule has 0 spiro atoms. The summed E-state index contributed by atoms with van der Waals surface area (Å²) < 4.78 is 10.6. The van der Waals surface area contributed by atoms with E-state index in [1.54, 1.807) is 7.11 Å². The van der Waals surface area contributed by atoms with Gasteiger partial charge in [0.05, 0.1) is 25.4 Å². The Hall–Kier alpha value is -1.10. The average Bonchev–Trinajstić information content (AvgIpc) is 2.45. The van der Waals surface area contributed by atoms with Crippen molar-refractivity contribution < 1.29 is 14.6 Å². The fraction of sp³-hybridized carbons (Fsp3) is 0.647. The van der Waals surface area contributed by atoms with Gasteiger partial charge in [-0.25, -0.2) is 0 Å². The zero-order chi connectivity index (χ0) is 15.2. The molecule has 0 bridgehead atoms. The molecule has 0 aliphatic carbocycles. The van der Waals surface area contributed by atoms with Crippen molar-refractivity contribution in [3.8, 4) is 0 Å². The van der Waals surface area contributed by atoms with Crippen LogP contribution < -0.4 is 4.90 Å². The number of anilines is 1. The SMILES string of the molecule is COCC(C)OCC(O)CN1CCCc2cc(C)ccc21. The Morgan fingerprint density at radius 3 is 2.90 bits per heavy atom. The number of methoxy groups -OCH3 is 1. The molecule has 1 N–H and O–H groups in total. The molecule has 0 saturated heterocycles. The highest BCUT2D eigenvalue weighted by molar-refractivity contribution is 5.56. The molecule has 1 aliphatic heterocycles. The summed E-state index contributed by atoms with van der Waals surface area (Å²) in [5.74, 6) is 0. The standard InChI is InChI=1S/C17H27NO3/c1-13-6-7-17-15(9-13)5-4-8-18(17)10-16(19)12-21-14(2)11-20-3/h6-7,9,14,16,19H,4-5,8,10-12H2,1-3H3. The summed E-state index contributed by atoms with van der Waals surface area (Å²) in [6.45, 7) is 6.60. The highest BCUT2D eigenvalue weighted by Crippen LogP contribution is 2.27. The molecular formula is C17H27NO3. The minimum Gasteiger partial charge on any atom is -0.389 e. The summed E-state index contributed by atoms with van der Waals surface area (Å²) in [5.41, 5.74) is 3.95. The van der Waals surface area contributed by atoms with E-state index in [1.807, 2.05) is 6.92 Å². The van der Waals surface area contributed by atoms with Crippen LogP contribution in [-0.2, 0) is 15.9 Å². The molecule has 1 aliphatic rings. The lowest BCUT2D eigenvalue weighted by Gasteiger charge is -2.33. The van der Waals surface area contributed by atoms with E-state index in [1.165, 1.54) is 16.8 Å². The second-order valence-electron chi connectivity index (χ2n) is 5.93. The molecule has 1 aromatic rings. The van der Waals surface area contributed by atoms with Crippen LogP contribution in [0.2, 0.25) is 0 Å². The van der Waals surface area contributed by atoms with E-state index < -0.39 is 6.10 Å². The monoisotopic (exact) mass is 293 g/mol. The van der Waals surface area contributed by atoms with Crippen molar-refractivity contribution in [1.82, 2.24) is 0 Å². The Morgan fingerprint density at radius 2 is 2.14 bits per heavy atom. The van der Waals surface area contributed by atoms with Crippen molar-refractivity contribution in [3.63, 3.8) is 0 Å². The van der Waals surface area contributed by atoms with Gasteiger partial charge in [0.2, 0.25) is 0 Å². The van der Waals surface area contributed by atoms with Crippen LogP contribution >= 0.6 is 0 Å². The number of benzene rings is 1. The maximum Gasteiger partial charge on any atom is 0.0948 e. The fourth-order valence-corrected chi connectivity index (χ4v) is 2.86. The van der Waals surface area contributed by atoms with Crippen LogP contribution in [0.5, 0.6) is 0 Å². The Bertz CT molecular complexity index is 450. The minimum atomic E-state index is -0.475. The summed E-state index contributed by atoms with van der Waals surface area (Å²) in [7, 11) is 1.66. The molecular weight excluding hydrogens is 266 g/mol. The van der Waals surface area contributed by atoms with Crippen LogP contribution in [0.25, 0.3) is 0 Å². The molecule has 118 valence electrons. The summed E-state index contributed by atoms with van der Waals surface area (Å²) in [4.78, 5) is 2.27. The predicted octanol–water partition coefficient (Wildman–Crippen LogP) is 2.16. The molecule has 0 radical (unpaired) electrons. The number of nitrogens with zero attached hydrogens (tertiary/aromatic N) is 1. The smallest absolute Gasteiger partial charge is 0.0948 e. The number of hydrogen-bond acceptors (Lipinski definition) is 4. The first-order chi connectivity index (χ1) is 10.1. The number of ether oxygens (including phenoxy) is 2. The molecule has 2 rings (SSSR count). The Kier molecular flexibility index (Phi) is 6.03. The van der Waals surface area contributed by atoms with E-state index in [-0.39, 0.29) is 6.10 Å². The molecule has 4 heteroatoms. The van der Waals surface area contributed by atoms with Gasteiger partial charge in [0.1, 0.15) is 0 Å². The molecule has 0 fully saturated rings. The molecule has 2 atom stereocenters. The Morgan fingerprint density at radius 1 is 1.33 bits per heavy atom. The van der Waals surface area contributed by atoms with Crippen LogP contribution in [0.1, 0.15) is 24.5 Å². The van der Waals surface area contributed by atoms with E-state index in [9.17, 15) is 5.11 Å². The van der Waals surface area contributed by atoms with E-state index in [4.69, 9.17) is 9.47 Å². The van der Waals surface area contributed by atoms with E-state index in [2.05, 4.69) is 30.0 Å². The fourth-order valence-electron chi connectivity index (χ4n) is 2.86. The zero-order valence-electron chi connectivity index (χ0n) is 13.3. The van der Waals surface area contributed by atoms with Gasteiger partial charge < -0.3 is 19.5 Å². The topological polar surface area (TPSA) is 41.9 Å². The highest BCUT2D eigenvalue weighted by Gasteiger charge is 2.19. The zero-order valence-corrected chi connectivity index (χ0v) is 13.3. The van der Waals surface area contributed by atoms with Crippen molar-refractivity contribution in [3.05, 3.63) is 29.3 Å². The molecule has 2 unspecified atom stereocenters. The highest BCUT2D eigenvalue weighted by atomic mass is 16.5. The van der Waals surface area contributed by atoms with Crippen molar-refractivity contribution in [2.45, 2.75) is 38.9 Å². The normalized spacial score (nSPS) is 17.4. The maximum absolute atomic E-state index is 10.2. The first-order valence-electron chi connectivity index (χ1n) is 7.73. The van der Waals surface area contributed by atoms with Crippen molar-refractivity contribution in [1.29, 1.82) is 0 Å². The van der Waals surface area contributed by atoms with Crippen LogP contribution in [0.4, 0.5) is 5.69 Å². The van der Waals surface area contributed by atoms with E-state index >= 15 is 0 Å². The minimum absolute atomic E-state index is 0.0148. The third-order valence-electron chi connectivity index (χ3n) is 3.86. The molecule has 1 heterocycles. The van der Waals surface area contributed by atoms with Gasteiger partial charge in [-0.15, -0.1) is 0 Å². The molecule has 1 aromatic carbocycles. The van der Waals surface area contributed by atoms with Crippen LogP contribution in [0.3, 0.4) is 0 Å². The number of fused-ring (bicyclic) bond motifs is 1. The number of aliphatic hydroxyl groups excluding tert-OH is 1. The maximum atomic E-state index is 10.2. The van der Waals surface area contributed by atoms with Crippen molar-refractivity contribution in [2.75, 3.05) is 38.3 Å². The van der Waals surface area contributed by atoms with Crippen LogP contribution in [-0.4, -0.2) is 50.7 Å². The third-order valence-corrected chi connectivity index (χ3v) is 3.86. The molecule has 21 heavy (non-hydrogen) atoms. The lowest BCUT2D eigenvalue weighted by atomic mass is 9.99. The molecule has 0 saturated carbocycles. The van der Waals surface area contributed by atoms with E-state index in [0.717, 1.165) is 19.4 Å². The molecule has 0 aromatic heterocycles. The van der Waals surface area contributed by atoms with E-state index in [0.29, 0.717) is 19.8 Å². The largest absolute Gasteiger partial charge is 0.389 e. The van der Waals surface area contributed by atoms with Gasteiger partial charge in [0.25, 0.3) is 0 Å². The number of rotatable bonds is 7. The van der Waals surface area contributed by atoms with Gasteiger partial charge in [-0.2, -0.15) is 0 Å². The van der Waals surface area contributed by atoms with Gasteiger partial charge >= 0.3 is 0 Å². The van der Waals surface area contributed by atoms with Crippen LogP contribution in [0.15, 0.2) is 18.2 Å². The second-order valence-corrected chi connectivity index (χ2v) is 5.93. The molecule has 0 amide bonds. The van der Waals surface area contributed by atoms with Crippen molar-refractivity contribution in [2.24, 2.45) is 0 Å². The lowest BCUT2D eigenvalue weighted by Crippen LogP contribution is -2.38. The number of aryl methyl sites for hydroxylation is 2. The van der Waals surface area contributed by atoms with Gasteiger partial charge in [0.15, 0.2) is 0 Å². The van der Waals surface area contributed by atoms with Crippen LogP contribution in [0, 0.1) is 6.92 Å². The first kappa shape index (κ1) is 16.3. The first-order valence-corrected chi connectivity index (χ1v) is 7.73. The van der Waals surface area contributed by atoms with Gasteiger partial charge in [-0.3, -0.25) is 0 Å². The number of β-amino-alcohol motifs (C(OH)–C–C–N with tert-alkyl or cyclic N) is 1. The predicted molar refractivity (Wildman–Crippen MR) is 85.0 cm³/mol. The van der Waals surface area contributed by atoms with Crippen molar-refractivity contribution >= 4 is 5.69 Å². The lowest BCUT2D eigenvalue weighted by molar-refractivity contribution is -0.0296.